The quantitative estimate of drug-likeness (QED) is 0.265. The molecule has 0 aliphatic carbocycles. The Balaban J connectivity index is 2.81. The molecule has 0 aromatic carbocycles. The molecule has 1 rings (SSSR count). The van der Waals surface area contributed by atoms with Gasteiger partial charge in [0.25, 0.3) is 0 Å². The van der Waals surface area contributed by atoms with Crippen molar-refractivity contribution in [3.05, 3.63) is 10.4 Å². The molecule has 10 heteroatoms. The molecule has 5 unspecified atom stereocenters. The molecule has 114 valence electrons. The lowest BCUT2D eigenvalue weighted by molar-refractivity contribution is -0.254. The molecular formula is C10H19N5O5. The zero-order valence-corrected chi connectivity index (χ0v) is 11.2. The van der Waals surface area contributed by atoms with Gasteiger partial charge in [-0.1, -0.05) is 5.11 Å². The third-order valence-corrected chi connectivity index (χ3v) is 2.98. The molecule has 1 aliphatic rings. The van der Waals surface area contributed by atoms with Crippen molar-refractivity contribution in [2.75, 3.05) is 13.7 Å². The highest BCUT2D eigenvalue weighted by Crippen LogP contribution is 2.22. The number of rotatable bonds is 5. The van der Waals surface area contributed by atoms with Crippen LogP contribution in [0.2, 0.25) is 0 Å². The van der Waals surface area contributed by atoms with E-state index in [0.29, 0.717) is 0 Å². The molecule has 6 atom stereocenters. The Morgan fingerprint density at radius 3 is 2.75 bits per heavy atom. The van der Waals surface area contributed by atoms with Crippen LogP contribution in [0.5, 0.6) is 0 Å². The summed E-state index contributed by atoms with van der Waals surface area (Å²) in [5.41, 5.74) is 13.7. The number of ether oxygens (including phenoxy) is 2. The van der Waals surface area contributed by atoms with Crippen molar-refractivity contribution >= 4 is 5.91 Å². The van der Waals surface area contributed by atoms with Crippen LogP contribution in [0.4, 0.5) is 0 Å². The number of aliphatic hydroxyl groups excluding tert-OH is 2. The Kier molecular flexibility index (Phi) is 6.14. The number of carbonyl (C=O) groups is 1. The van der Waals surface area contributed by atoms with Crippen LogP contribution in [0.25, 0.3) is 10.4 Å². The van der Waals surface area contributed by atoms with Gasteiger partial charge in [0, 0.05) is 12.0 Å². The van der Waals surface area contributed by atoms with Gasteiger partial charge < -0.3 is 30.7 Å². The highest BCUT2D eigenvalue weighted by atomic mass is 16.7. The Bertz CT molecular complexity index is 384. The number of aliphatic hydroxyl groups is 2. The number of azide groups is 1. The second-order valence-corrected chi connectivity index (χ2v) is 4.50. The summed E-state index contributed by atoms with van der Waals surface area (Å²) in [6, 6.07) is -1.76. The summed E-state index contributed by atoms with van der Waals surface area (Å²) in [7, 11) is 1.32. The first-order chi connectivity index (χ1) is 9.42. The third kappa shape index (κ3) is 3.79. The lowest BCUT2D eigenvalue weighted by atomic mass is 9.96. The first kappa shape index (κ1) is 16.6. The fraction of sp³-hybridized carbons (Fsp3) is 0.900. The fourth-order valence-corrected chi connectivity index (χ4v) is 1.85. The predicted octanol–water partition coefficient (Wildman–Crippen LogP) is -1.78. The first-order valence-electron chi connectivity index (χ1n) is 6.03. The van der Waals surface area contributed by atoms with E-state index in [-0.39, 0.29) is 6.54 Å². The predicted molar refractivity (Wildman–Crippen MR) is 67.3 cm³/mol. The van der Waals surface area contributed by atoms with Crippen molar-refractivity contribution in [3.63, 3.8) is 0 Å². The number of amides is 1. The van der Waals surface area contributed by atoms with Gasteiger partial charge in [-0.3, -0.25) is 4.79 Å². The van der Waals surface area contributed by atoms with E-state index in [4.69, 9.17) is 20.7 Å². The second-order valence-electron chi connectivity index (χ2n) is 4.50. The van der Waals surface area contributed by atoms with Crippen LogP contribution in [-0.2, 0) is 14.3 Å². The smallest absolute Gasteiger partial charge is 0.237 e. The molecule has 0 spiro atoms. The molecule has 0 aromatic rings. The van der Waals surface area contributed by atoms with Crippen LogP contribution in [0, 0.1) is 0 Å². The van der Waals surface area contributed by atoms with Gasteiger partial charge in [-0.05, 0) is 12.5 Å². The number of nitrogens with two attached hydrogens (primary N) is 1. The van der Waals surface area contributed by atoms with Crippen molar-refractivity contribution < 1.29 is 24.5 Å². The molecule has 1 amide bonds. The molecule has 0 saturated carbocycles. The molecule has 10 nitrogen and oxygen atoms in total. The summed E-state index contributed by atoms with van der Waals surface area (Å²) >= 11 is 0. The van der Waals surface area contributed by atoms with E-state index >= 15 is 0 Å². The van der Waals surface area contributed by atoms with Crippen LogP contribution >= 0.6 is 0 Å². The van der Waals surface area contributed by atoms with E-state index < -0.39 is 42.6 Å². The molecule has 1 saturated heterocycles. The van der Waals surface area contributed by atoms with Crippen LogP contribution in [0.1, 0.15) is 6.92 Å². The standard InChI is InChI=1S/C10H19N5O5/c1-4(11)9(18)14-6-8(17)7(16)5(3-13-15-12)20-10(6)19-2/h4-8,10,16-17H,3,11H2,1-2H3,(H,14,18)/t4-,5?,6?,7?,8?,10?/m0/s1. The Morgan fingerprint density at radius 2 is 2.25 bits per heavy atom. The highest BCUT2D eigenvalue weighted by molar-refractivity contribution is 5.81. The zero-order valence-electron chi connectivity index (χ0n) is 11.2. The molecule has 1 fully saturated rings. The molecule has 1 aliphatic heterocycles. The third-order valence-electron chi connectivity index (χ3n) is 2.98. The Labute approximate surface area is 115 Å². The van der Waals surface area contributed by atoms with Gasteiger partial charge >= 0.3 is 0 Å². The number of methoxy groups -OCH3 is 1. The van der Waals surface area contributed by atoms with Gasteiger partial charge in [0.2, 0.25) is 5.91 Å². The van der Waals surface area contributed by atoms with E-state index in [0.717, 1.165) is 0 Å². The van der Waals surface area contributed by atoms with Crippen molar-refractivity contribution in [3.8, 4) is 0 Å². The van der Waals surface area contributed by atoms with Crippen LogP contribution in [0.15, 0.2) is 5.11 Å². The van der Waals surface area contributed by atoms with Gasteiger partial charge in [0.15, 0.2) is 6.29 Å². The Hall–Kier alpha value is -1.42. The number of hydrogen-bond acceptors (Lipinski definition) is 7. The lowest BCUT2D eigenvalue weighted by Crippen LogP contribution is -2.65. The number of hydrogen-bond donors (Lipinski definition) is 4. The van der Waals surface area contributed by atoms with E-state index in [1.807, 2.05) is 0 Å². The SMILES string of the molecule is COC1OC(CN=[N+]=[N-])C(O)C(O)C1NC(=O)[C@H](C)N. The maximum atomic E-state index is 11.6. The molecule has 0 aromatic heterocycles. The number of nitrogens with one attached hydrogen (secondary N) is 1. The molecule has 5 N–H and O–H groups in total. The maximum absolute atomic E-state index is 11.6. The second kappa shape index (κ2) is 7.39. The number of nitrogens with zero attached hydrogens (tertiary/aromatic N) is 3. The monoisotopic (exact) mass is 289 g/mol. The van der Waals surface area contributed by atoms with Crippen LogP contribution in [0.3, 0.4) is 0 Å². The minimum absolute atomic E-state index is 0.164. The molecule has 0 radical (unpaired) electrons. The average molecular weight is 289 g/mol. The lowest BCUT2D eigenvalue weighted by Gasteiger charge is -2.42. The minimum atomic E-state index is -1.34. The van der Waals surface area contributed by atoms with Gasteiger partial charge in [-0.25, -0.2) is 0 Å². The van der Waals surface area contributed by atoms with Gasteiger partial charge in [0.1, 0.15) is 18.2 Å². The maximum Gasteiger partial charge on any atom is 0.237 e. The van der Waals surface area contributed by atoms with Crippen molar-refractivity contribution in [1.82, 2.24) is 5.32 Å². The normalized spacial score (nSPS) is 35.0. The topological polar surface area (TPSA) is 163 Å². The van der Waals surface area contributed by atoms with Gasteiger partial charge in [-0.15, -0.1) is 0 Å². The molecular weight excluding hydrogens is 270 g/mol. The van der Waals surface area contributed by atoms with Gasteiger partial charge in [-0.2, -0.15) is 0 Å². The Morgan fingerprint density at radius 1 is 1.60 bits per heavy atom. The largest absolute Gasteiger partial charge is 0.388 e. The summed E-state index contributed by atoms with van der Waals surface area (Å²) in [6.07, 6.45) is -4.58. The molecule has 1 heterocycles. The first-order valence-corrected chi connectivity index (χ1v) is 6.03. The summed E-state index contributed by atoms with van der Waals surface area (Å²) in [5, 5.41) is 25.7. The average Bonchev–Trinajstić information content (AvgIpc) is 2.42. The minimum Gasteiger partial charge on any atom is -0.388 e. The highest BCUT2D eigenvalue weighted by Gasteiger charge is 2.45. The van der Waals surface area contributed by atoms with Crippen LogP contribution < -0.4 is 11.1 Å². The van der Waals surface area contributed by atoms with E-state index in [9.17, 15) is 15.0 Å². The van der Waals surface area contributed by atoms with Crippen molar-refractivity contribution in [2.45, 2.75) is 43.6 Å². The van der Waals surface area contributed by atoms with Crippen molar-refractivity contribution in [1.29, 1.82) is 0 Å². The summed E-state index contributed by atoms with van der Waals surface area (Å²) in [5.74, 6) is -0.514. The summed E-state index contributed by atoms with van der Waals surface area (Å²) < 4.78 is 10.4. The fourth-order valence-electron chi connectivity index (χ4n) is 1.85. The number of carbonyl (C=O) groups excluding carboxylic acids is 1. The van der Waals surface area contributed by atoms with Crippen molar-refractivity contribution in [2.24, 2.45) is 10.8 Å². The zero-order chi connectivity index (χ0) is 15.3. The molecule has 20 heavy (non-hydrogen) atoms. The van der Waals surface area contributed by atoms with Crippen LogP contribution in [-0.4, -0.2) is 66.5 Å². The molecule has 0 bridgehead atoms. The van der Waals surface area contributed by atoms with E-state index in [2.05, 4.69) is 15.3 Å². The van der Waals surface area contributed by atoms with Gasteiger partial charge in [0.05, 0.1) is 18.7 Å². The summed E-state index contributed by atoms with van der Waals surface area (Å²) in [4.78, 5) is 14.1. The van der Waals surface area contributed by atoms with E-state index in [1.54, 1.807) is 0 Å². The summed E-state index contributed by atoms with van der Waals surface area (Å²) in [6.45, 7) is 1.32. The van der Waals surface area contributed by atoms with E-state index in [1.165, 1.54) is 14.0 Å².